The fraction of sp³-hybridized carbons (Fsp3) is 0.933. The first-order valence-electron chi connectivity index (χ1n) is 7.76. The van der Waals surface area contributed by atoms with Gasteiger partial charge in [0.1, 0.15) is 0 Å². The molecule has 0 heterocycles. The summed E-state index contributed by atoms with van der Waals surface area (Å²) in [6.07, 6.45) is 5.22. The molecule has 5 heteroatoms. The number of nitrogens with zero attached hydrogens (tertiary/aromatic N) is 1. The maximum Gasteiger partial charge on any atom is 0.315 e. The molecule has 1 fully saturated rings. The number of rotatable bonds is 6. The Morgan fingerprint density at radius 2 is 2.05 bits per heavy atom. The van der Waals surface area contributed by atoms with Crippen molar-refractivity contribution >= 4 is 6.03 Å². The van der Waals surface area contributed by atoms with Gasteiger partial charge < -0.3 is 20.6 Å². The second-order valence-electron chi connectivity index (χ2n) is 6.61. The lowest BCUT2D eigenvalue weighted by atomic mass is 9.90. The van der Waals surface area contributed by atoms with Crippen molar-refractivity contribution in [1.29, 1.82) is 0 Å². The molecule has 0 radical (unpaired) electrons. The van der Waals surface area contributed by atoms with Crippen LogP contribution in [0.5, 0.6) is 0 Å². The topological polar surface area (TPSA) is 64.6 Å². The van der Waals surface area contributed by atoms with Gasteiger partial charge >= 0.3 is 6.03 Å². The number of hydrogen-bond acceptors (Lipinski definition) is 3. The number of carbonyl (C=O) groups excluding carboxylic acids is 1. The van der Waals surface area contributed by atoms with Crippen LogP contribution in [0.3, 0.4) is 0 Å². The van der Waals surface area contributed by atoms with Crippen molar-refractivity contribution in [3.8, 4) is 0 Å². The maximum atomic E-state index is 12.0. The predicted octanol–water partition coefficient (Wildman–Crippen LogP) is 1.57. The molecular formula is C15H31N3O2. The molecule has 1 saturated carbocycles. The molecule has 2 amide bonds. The zero-order valence-electron chi connectivity index (χ0n) is 13.4. The Morgan fingerprint density at radius 3 is 2.60 bits per heavy atom. The molecule has 0 spiro atoms. The van der Waals surface area contributed by atoms with Crippen LogP contribution in [0.4, 0.5) is 4.79 Å². The van der Waals surface area contributed by atoms with Gasteiger partial charge in [0.2, 0.25) is 0 Å². The van der Waals surface area contributed by atoms with E-state index < -0.39 is 0 Å². The molecule has 20 heavy (non-hydrogen) atoms. The van der Waals surface area contributed by atoms with Crippen molar-refractivity contribution in [2.24, 2.45) is 5.92 Å². The predicted molar refractivity (Wildman–Crippen MR) is 81.7 cm³/mol. The maximum absolute atomic E-state index is 12.0. The summed E-state index contributed by atoms with van der Waals surface area (Å²) in [7, 11) is 4.19. The van der Waals surface area contributed by atoms with Crippen LogP contribution in [0, 0.1) is 5.92 Å². The number of aliphatic hydroxyl groups excluding tert-OH is 1. The van der Waals surface area contributed by atoms with Crippen molar-refractivity contribution in [1.82, 2.24) is 15.5 Å². The fourth-order valence-electron chi connectivity index (χ4n) is 2.92. The van der Waals surface area contributed by atoms with Gasteiger partial charge in [-0.2, -0.15) is 0 Å². The van der Waals surface area contributed by atoms with Crippen molar-refractivity contribution < 1.29 is 9.90 Å². The highest BCUT2D eigenvalue weighted by atomic mass is 16.3. The lowest BCUT2D eigenvalue weighted by Crippen LogP contribution is -2.50. The summed E-state index contributed by atoms with van der Waals surface area (Å²) in [5.41, 5.74) is 0. The third-order valence-electron chi connectivity index (χ3n) is 4.02. The molecule has 0 aromatic carbocycles. The summed E-state index contributed by atoms with van der Waals surface area (Å²) >= 11 is 0. The molecule has 1 aliphatic carbocycles. The lowest BCUT2D eigenvalue weighted by molar-refractivity contribution is 0.184. The highest BCUT2D eigenvalue weighted by molar-refractivity contribution is 5.74. The molecule has 0 aliphatic heterocycles. The van der Waals surface area contributed by atoms with E-state index >= 15 is 0 Å². The molecule has 3 unspecified atom stereocenters. The Kier molecular flexibility index (Phi) is 7.30. The van der Waals surface area contributed by atoms with E-state index in [1.54, 1.807) is 0 Å². The third kappa shape index (κ3) is 6.09. The van der Waals surface area contributed by atoms with Gasteiger partial charge in [-0.1, -0.05) is 13.8 Å². The molecule has 1 aliphatic rings. The van der Waals surface area contributed by atoms with Crippen molar-refractivity contribution in [2.75, 3.05) is 20.7 Å². The van der Waals surface area contributed by atoms with Crippen LogP contribution in [-0.4, -0.2) is 54.9 Å². The lowest BCUT2D eigenvalue weighted by Gasteiger charge is -2.34. The summed E-state index contributed by atoms with van der Waals surface area (Å²) in [5.74, 6) is 0.459. The number of aliphatic hydroxyl groups is 1. The molecule has 118 valence electrons. The molecule has 1 rings (SSSR count). The summed E-state index contributed by atoms with van der Waals surface area (Å²) in [4.78, 5) is 14.2. The number of urea groups is 1. The van der Waals surface area contributed by atoms with Gasteiger partial charge in [-0.15, -0.1) is 0 Å². The molecule has 0 bridgehead atoms. The first kappa shape index (κ1) is 17.2. The Balaban J connectivity index is 2.37. The van der Waals surface area contributed by atoms with E-state index in [-0.39, 0.29) is 24.7 Å². The first-order valence-corrected chi connectivity index (χ1v) is 7.76. The van der Waals surface area contributed by atoms with Gasteiger partial charge in [-0.05, 0) is 52.1 Å². The average molecular weight is 285 g/mol. The summed E-state index contributed by atoms with van der Waals surface area (Å²) < 4.78 is 0. The van der Waals surface area contributed by atoms with Crippen LogP contribution in [0.25, 0.3) is 0 Å². The number of amides is 2. The van der Waals surface area contributed by atoms with E-state index in [1.807, 2.05) is 0 Å². The van der Waals surface area contributed by atoms with Gasteiger partial charge in [0.15, 0.2) is 0 Å². The summed E-state index contributed by atoms with van der Waals surface area (Å²) in [5, 5.41) is 15.2. The number of hydrogen-bond donors (Lipinski definition) is 3. The zero-order chi connectivity index (χ0) is 15.1. The van der Waals surface area contributed by atoms with E-state index in [4.69, 9.17) is 0 Å². The van der Waals surface area contributed by atoms with Crippen molar-refractivity contribution in [3.05, 3.63) is 0 Å². The van der Waals surface area contributed by atoms with Crippen LogP contribution in [-0.2, 0) is 0 Å². The fourth-order valence-corrected chi connectivity index (χ4v) is 2.92. The van der Waals surface area contributed by atoms with E-state index in [2.05, 4.69) is 43.5 Å². The monoisotopic (exact) mass is 285 g/mol. The summed E-state index contributed by atoms with van der Waals surface area (Å²) in [6, 6.07) is 0.505. The van der Waals surface area contributed by atoms with E-state index in [9.17, 15) is 9.90 Å². The molecular weight excluding hydrogens is 254 g/mol. The van der Waals surface area contributed by atoms with E-state index in [1.165, 1.54) is 6.42 Å². The van der Waals surface area contributed by atoms with E-state index in [0.717, 1.165) is 25.7 Å². The minimum absolute atomic E-state index is 0.00338. The van der Waals surface area contributed by atoms with Crippen LogP contribution in [0.15, 0.2) is 0 Å². The molecule has 3 atom stereocenters. The first-order chi connectivity index (χ1) is 9.42. The van der Waals surface area contributed by atoms with Gasteiger partial charge in [-0.25, -0.2) is 4.79 Å². The summed E-state index contributed by atoms with van der Waals surface area (Å²) in [6.45, 7) is 4.17. The van der Waals surface area contributed by atoms with Crippen molar-refractivity contribution in [3.63, 3.8) is 0 Å². The minimum atomic E-state index is -0.150. The van der Waals surface area contributed by atoms with Crippen LogP contribution < -0.4 is 10.6 Å². The Hall–Kier alpha value is -0.810. The molecule has 3 N–H and O–H groups in total. The average Bonchev–Trinajstić information content (AvgIpc) is 2.37. The highest BCUT2D eigenvalue weighted by Crippen LogP contribution is 2.21. The minimum Gasteiger partial charge on any atom is -0.394 e. The molecule has 0 aromatic heterocycles. The van der Waals surface area contributed by atoms with Gasteiger partial charge in [0.25, 0.3) is 0 Å². The quantitative estimate of drug-likeness (QED) is 0.694. The van der Waals surface area contributed by atoms with Crippen molar-refractivity contribution in [2.45, 2.75) is 64.1 Å². The normalized spacial score (nSPS) is 24.8. The van der Waals surface area contributed by atoms with Crippen LogP contribution in [0.2, 0.25) is 0 Å². The molecule has 0 aromatic rings. The van der Waals surface area contributed by atoms with Gasteiger partial charge in [-0.3, -0.25) is 0 Å². The Morgan fingerprint density at radius 1 is 1.35 bits per heavy atom. The Labute approximate surface area is 123 Å². The third-order valence-corrected chi connectivity index (χ3v) is 4.02. The molecule has 5 nitrogen and oxygen atoms in total. The van der Waals surface area contributed by atoms with Crippen LogP contribution >= 0.6 is 0 Å². The highest BCUT2D eigenvalue weighted by Gasteiger charge is 2.25. The Bertz CT molecular complexity index is 295. The van der Waals surface area contributed by atoms with Gasteiger partial charge in [0.05, 0.1) is 12.6 Å². The van der Waals surface area contributed by atoms with Gasteiger partial charge in [0, 0.05) is 12.1 Å². The molecule has 0 saturated heterocycles. The smallest absolute Gasteiger partial charge is 0.315 e. The second-order valence-corrected chi connectivity index (χ2v) is 6.61. The number of nitrogens with one attached hydrogen (secondary N) is 2. The zero-order valence-corrected chi connectivity index (χ0v) is 13.4. The largest absolute Gasteiger partial charge is 0.394 e. The second kappa shape index (κ2) is 8.47. The SMILES string of the molecule is CC(C)CC(CO)NC(=O)NC1CCCC(N(C)C)C1. The standard InChI is InChI=1S/C15H31N3O2/c1-11(2)8-13(10-19)17-15(20)16-12-6-5-7-14(9-12)18(3)4/h11-14,19H,5-10H2,1-4H3,(H2,16,17,20). The number of carbonyl (C=O) groups is 1. The van der Waals surface area contributed by atoms with E-state index in [0.29, 0.717) is 12.0 Å². The van der Waals surface area contributed by atoms with Crippen LogP contribution in [0.1, 0.15) is 46.0 Å².